The lowest BCUT2D eigenvalue weighted by molar-refractivity contribution is 0.169. The molecular weight excluding hydrogens is 90.1 g/mol. The molecule has 1 heterocycles. The molecule has 0 atom stereocenters. The zero-order chi connectivity index (χ0) is 5.11. The van der Waals surface area contributed by atoms with E-state index < -0.39 is 0 Å². The maximum atomic E-state index is 4.68. The highest BCUT2D eigenvalue weighted by molar-refractivity contribution is 5.13. The molecule has 0 spiro atoms. The average molecular weight is 97.1 g/mol. The summed E-state index contributed by atoms with van der Waals surface area (Å²) in [6, 6.07) is 0. The van der Waals surface area contributed by atoms with E-state index in [1.54, 1.807) is 12.5 Å². The van der Waals surface area contributed by atoms with Gasteiger partial charge in [-0.05, 0) is 18.6 Å². The van der Waals surface area contributed by atoms with Crippen molar-refractivity contribution < 1.29 is 4.84 Å². The molecule has 0 aromatic rings. The Balaban J connectivity index is 2.58. The van der Waals surface area contributed by atoms with E-state index in [1.165, 1.54) is 0 Å². The fourth-order valence-electron chi connectivity index (χ4n) is 0.371. The molecular formula is C5H7NO. The molecule has 0 unspecified atom stereocenters. The van der Waals surface area contributed by atoms with Crippen LogP contribution in [-0.4, -0.2) is 0 Å². The molecule has 2 heteroatoms. The molecule has 0 fully saturated rings. The molecule has 1 N–H and O–H groups in total. The number of hydrogen-bond acceptors (Lipinski definition) is 2. The summed E-state index contributed by atoms with van der Waals surface area (Å²) in [6.07, 6.45) is 5.33. The lowest BCUT2D eigenvalue weighted by Gasteiger charge is -2.02. The second-order valence-electron chi connectivity index (χ2n) is 1.43. The number of nitrogens with one attached hydrogen (secondary N) is 1. The largest absolute Gasteiger partial charge is 0.390 e. The normalized spacial score (nSPS) is 17.0. The first-order chi connectivity index (χ1) is 3.39. The highest BCUT2D eigenvalue weighted by atomic mass is 16.6. The van der Waals surface area contributed by atoms with Crippen molar-refractivity contribution in [2.24, 2.45) is 0 Å². The van der Waals surface area contributed by atoms with Crippen LogP contribution in [0.1, 0.15) is 6.92 Å². The van der Waals surface area contributed by atoms with Crippen molar-refractivity contribution in [2.75, 3.05) is 0 Å². The first kappa shape index (κ1) is 4.24. The zero-order valence-electron chi connectivity index (χ0n) is 4.14. The second kappa shape index (κ2) is 1.69. The highest BCUT2D eigenvalue weighted by Crippen LogP contribution is 1.96. The minimum Gasteiger partial charge on any atom is -0.390 e. The van der Waals surface area contributed by atoms with Crippen molar-refractivity contribution >= 4 is 0 Å². The van der Waals surface area contributed by atoms with E-state index in [2.05, 4.69) is 10.3 Å². The minimum absolute atomic E-state index is 1.12. The Morgan fingerprint density at radius 1 is 1.71 bits per heavy atom. The van der Waals surface area contributed by atoms with Crippen LogP contribution in [0.25, 0.3) is 0 Å². The molecule has 1 aliphatic rings. The summed E-state index contributed by atoms with van der Waals surface area (Å²) >= 11 is 0. The summed E-state index contributed by atoms with van der Waals surface area (Å²) in [4.78, 5) is 4.68. The number of hydroxylamine groups is 1. The highest BCUT2D eigenvalue weighted by Gasteiger charge is 1.84. The van der Waals surface area contributed by atoms with E-state index in [0.717, 1.165) is 5.57 Å². The maximum absolute atomic E-state index is 4.68. The molecule has 0 amide bonds. The lowest BCUT2D eigenvalue weighted by atomic mass is 10.3. The Morgan fingerprint density at radius 3 is 2.86 bits per heavy atom. The SMILES string of the molecule is CC1=CONC=C1. The molecule has 1 aliphatic heterocycles. The third kappa shape index (κ3) is 0.961. The van der Waals surface area contributed by atoms with E-state index in [0.29, 0.717) is 0 Å². The standard InChI is InChI=1S/C5H7NO/c1-5-2-3-6-7-4-5/h2-4,6H,1H3. The average Bonchev–Trinajstić information content (AvgIpc) is 1.69. The first-order valence-electron chi connectivity index (χ1n) is 2.14. The summed E-state index contributed by atoms with van der Waals surface area (Å²) in [5.41, 5.74) is 3.68. The Labute approximate surface area is 42.4 Å². The number of allylic oxidation sites excluding steroid dienone is 2. The van der Waals surface area contributed by atoms with E-state index in [1.807, 2.05) is 13.0 Å². The van der Waals surface area contributed by atoms with Crippen LogP contribution in [0, 0.1) is 0 Å². The Kier molecular flexibility index (Phi) is 1.02. The van der Waals surface area contributed by atoms with Crippen LogP contribution in [0.3, 0.4) is 0 Å². The minimum atomic E-state index is 1.12. The van der Waals surface area contributed by atoms with Gasteiger partial charge >= 0.3 is 0 Å². The third-order valence-electron chi connectivity index (χ3n) is 0.727. The van der Waals surface area contributed by atoms with Gasteiger partial charge in [-0.15, -0.1) is 0 Å². The molecule has 2 nitrogen and oxygen atoms in total. The molecule has 0 aliphatic carbocycles. The Morgan fingerprint density at radius 2 is 2.57 bits per heavy atom. The van der Waals surface area contributed by atoms with Crippen LogP contribution in [0.4, 0.5) is 0 Å². The summed E-state index contributed by atoms with van der Waals surface area (Å²) in [6.45, 7) is 1.97. The Hall–Kier alpha value is -0.920. The van der Waals surface area contributed by atoms with Crippen LogP contribution in [0.2, 0.25) is 0 Å². The summed E-state index contributed by atoms with van der Waals surface area (Å²) < 4.78 is 0. The predicted molar refractivity (Wildman–Crippen MR) is 27.1 cm³/mol. The molecule has 0 aromatic heterocycles. The molecule has 0 saturated carbocycles. The van der Waals surface area contributed by atoms with Crippen molar-refractivity contribution in [3.63, 3.8) is 0 Å². The predicted octanol–water partition coefficient (Wildman–Crippen LogP) is 0.939. The second-order valence-corrected chi connectivity index (χ2v) is 1.43. The van der Waals surface area contributed by atoms with Gasteiger partial charge in [0, 0.05) is 6.20 Å². The van der Waals surface area contributed by atoms with Gasteiger partial charge in [0.1, 0.15) is 6.26 Å². The smallest absolute Gasteiger partial charge is 0.122 e. The monoisotopic (exact) mass is 97.1 g/mol. The van der Waals surface area contributed by atoms with Gasteiger partial charge < -0.3 is 4.84 Å². The van der Waals surface area contributed by atoms with Gasteiger partial charge in [0.05, 0.1) is 0 Å². The van der Waals surface area contributed by atoms with Gasteiger partial charge in [-0.2, -0.15) is 0 Å². The summed E-state index contributed by atoms with van der Waals surface area (Å²) in [7, 11) is 0. The molecule has 0 saturated heterocycles. The number of hydrogen-bond donors (Lipinski definition) is 1. The van der Waals surface area contributed by atoms with Crippen molar-refractivity contribution in [1.82, 2.24) is 5.48 Å². The van der Waals surface area contributed by atoms with Gasteiger partial charge in [-0.25, -0.2) is 5.48 Å². The lowest BCUT2D eigenvalue weighted by Crippen LogP contribution is -2.03. The van der Waals surface area contributed by atoms with Crippen LogP contribution in [0.5, 0.6) is 0 Å². The molecule has 0 bridgehead atoms. The van der Waals surface area contributed by atoms with E-state index in [4.69, 9.17) is 0 Å². The first-order valence-corrected chi connectivity index (χ1v) is 2.14. The van der Waals surface area contributed by atoms with Crippen LogP contribution in [-0.2, 0) is 4.84 Å². The van der Waals surface area contributed by atoms with E-state index in [9.17, 15) is 0 Å². The van der Waals surface area contributed by atoms with E-state index in [-0.39, 0.29) is 0 Å². The van der Waals surface area contributed by atoms with Crippen molar-refractivity contribution in [3.8, 4) is 0 Å². The van der Waals surface area contributed by atoms with Gasteiger partial charge in [-0.1, -0.05) is 0 Å². The van der Waals surface area contributed by atoms with Gasteiger partial charge in [0.25, 0.3) is 0 Å². The fraction of sp³-hybridized carbons (Fsp3) is 0.200. The Bertz CT molecular complexity index is 115. The van der Waals surface area contributed by atoms with Crippen LogP contribution in [0.15, 0.2) is 24.1 Å². The molecule has 1 rings (SSSR count). The van der Waals surface area contributed by atoms with Gasteiger partial charge in [0.15, 0.2) is 0 Å². The molecule has 38 valence electrons. The van der Waals surface area contributed by atoms with Crippen molar-refractivity contribution in [3.05, 3.63) is 24.1 Å². The topological polar surface area (TPSA) is 21.3 Å². The quantitative estimate of drug-likeness (QED) is 0.485. The maximum Gasteiger partial charge on any atom is 0.122 e. The van der Waals surface area contributed by atoms with Crippen molar-refractivity contribution in [1.29, 1.82) is 0 Å². The zero-order valence-corrected chi connectivity index (χ0v) is 4.14. The summed E-state index contributed by atoms with van der Waals surface area (Å²) in [5.74, 6) is 0. The summed E-state index contributed by atoms with van der Waals surface area (Å²) in [5, 5.41) is 0. The van der Waals surface area contributed by atoms with Crippen LogP contribution >= 0.6 is 0 Å². The van der Waals surface area contributed by atoms with Gasteiger partial charge in [0.2, 0.25) is 0 Å². The van der Waals surface area contributed by atoms with E-state index >= 15 is 0 Å². The molecule has 0 radical (unpaired) electrons. The van der Waals surface area contributed by atoms with Gasteiger partial charge in [-0.3, -0.25) is 0 Å². The number of rotatable bonds is 0. The van der Waals surface area contributed by atoms with Crippen LogP contribution < -0.4 is 5.48 Å². The molecule has 7 heavy (non-hydrogen) atoms. The molecule has 0 aromatic carbocycles. The fourth-order valence-corrected chi connectivity index (χ4v) is 0.371. The van der Waals surface area contributed by atoms with Crippen molar-refractivity contribution in [2.45, 2.75) is 6.92 Å². The third-order valence-corrected chi connectivity index (χ3v) is 0.727.